The van der Waals surface area contributed by atoms with Crippen molar-refractivity contribution in [3.05, 3.63) is 59.7 Å². The molecule has 4 heterocycles. The van der Waals surface area contributed by atoms with E-state index in [2.05, 4.69) is 18.2 Å². The van der Waals surface area contributed by atoms with Crippen LogP contribution >= 0.6 is 0 Å². The van der Waals surface area contributed by atoms with Gasteiger partial charge in [-0.15, -0.1) is 0 Å². The number of aliphatic hydroxyl groups is 1. The van der Waals surface area contributed by atoms with Gasteiger partial charge in [0.25, 0.3) is 11.8 Å². The lowest BCUT2D eigenvalue weighted by atomic mass is 10.1. The fraction of sp³-hybridized carbons (Fsp3) is 0.412. The molecule has 0 aliphatic carbocycles. The number of ether oxygens (including phenoxy) is 4. The molecule has 4 aliphatic rings. The Balaban J connectivity index is 1.05. The monoisotopic (exact) mass is 630 g/mol. The van der Waals surface area contributed by atoms with Crippen LogP contribution in [0.2, 0.25) is 0 Å². The Bertz CT molecular complexity index is 1620. The summed E-state index contributed by atoms with van der Waals surface area (Å²) in [6.07, 6.45) is 4.45. The van der Waals surface area contributed by atoms with E-state index in [1.54, 1.807) is 47.4 Å². The number of aliphatic hydroxyl groups excluding tert-OH is 1. The van der Waals surface area contributed by atoms with Crippen LogP contribution in [-0.4, -0.2) is 98.2 Å². The summed E-state index contributed by atoms with van der Waals surface area (Å²) in [5.41, 5.74) is 3.37. The van der Waals surface area contributed by atoms with Gasteiger partial charge in [-0.05, 0) is 44.2 Å². The number of carbonyl (C=O) groups excluding carboxylic acids is 3. The van der Waals surface area contributed by atoms with Gasteiger partial charge < -0.3 is 33.9 Å². The normalized spacial score (nSPS) is 21.7. The zero-order chi connectivity index (χ0) is 32.5. The van der Waals surface area contributed by atoms with Crippen LogP contribution in [-0.2, 0) is 4.79 Å². The first-order valence-electron chi connectivity index (χ1n) is 15.3. The highest BCUT2D eigenvalue weighted by Crippen LogP contribution is 2.42. The van der Waals surface area contributed by atoms with E-state index in [1.165, 1.54) is 12.0 Å². The van der Waals surface area contributed by atoms with Crippen LogP contribution < -0.4 is 23.8 Å². The average molecular weight is 631 g/mol. The van der Waals surface area contributed by atoms with Crippen molar-refractivity contribution < 1.29 is 38.4 Å². The number of hydrogen-bond acceptors (Lipinski definition) is 9. The van der Waals surface area contributed by atoms with Crippen LogP contribution in [0.25, 0.3) is 0 Å². The third-order valence-corrected chi connectivity index (χ3v) is 8.84. The molecule has 2 aromatic carbocycles. The predicted molar refractivity (Wildman–Crippen MR) is 171 cm³/mol. The molecule has 3 atom stereocenters. The van der Waals surface area contributed by atoms with Gasteiger partial charge in [0.2, 0.25) is 6.41 Å². The van der Waals surface area contributed by atoms with Crippen LogP contribution in [0.5, 0.6) is 23.0 Å². The number of nitrogens with zero attached hydrogens (tertiary/aromatic N) is 4. The molecule has 0 radical (unpaired) electrons. The quantitative estimate of drug-likeness (QED) is 0.225. The van der Waals surface area contributed by atoms with Crippen molar-refractivity contribution in [1.29, 1.82) is 0 Å². The van der Waals surface area contributed by atoms with E-state index in [0.29, 0.717) is 86.2 Å². The Kier molecular flexibility index (Phi) is 8.72. The van der Waals surface area contributed by atoms with E-state index in [0.717, 1.165) is 24.0 Å². The Labute approximate surface area is 267 Å². The maximum absolute atomic E-state index is 13.4. The van der Waals surface area contributed by atoms with E-state index in [9.17, 15) is 19.5 Å². The highest BCUT2D eigenvalue weighted by molar-refractivity contribution is 6.05. The van der Waals surface area contributed by atoms with Crippen molar-refractivity contribution in [3.63, 3.8) is 0 Å². The SMILES string of the molecule is C=C1CC2C=Nc3cc(OCCCCCOc4cc5c(cc4OC)C(=O)N4CC(=C)CC4C(O)N5C=O)c(OC)cc3C(=O)N2C1. The Morgan fingerprint density at radius 3 is 2.13 bits per heavy atom. The van der Waals surface area contributed by atoms with Crippen molar-refractivity contribution in [3.8, 4) is 23.0 Å². The first-order valence-corrected chi connectivity index (χ1v) is 15.3. The minimum atomic E-state index is -1.22. The predicted octanol–water partition coefficient (Wildman–Crippen LogP) is 3.88. The molecular weight excluding hydrogens is 592 g/mol. The van der Waals surface area contributed by atoms with Crippen molar-refractivity contribution in [1.82, 2.24) is 9.80 Å². The number of methoxy groups -OCH3 is 2. The highest BCUT2D eigenvalue weighted by Gasteiger charge is 2.44. The number of aliphatic imine (C=N–C) groups is 1. The summed E-state index contributed by atoms with van der Waals surface area (Å²) in [7, 11) is 3.02. The molecule has 0 aromatic heterocycles. The van der Waals surface area contributed by atoms with Crippen LogP contribution in [0.4, 0.5) is 11.4 Å². The standard InChI is InChI=1S/C34H38N4O8/c1-20-10-22-16-35-25-14-30(28(43-3)12-23(25)32(40)36(22)17-20)45-8-6-5-7-9-46-31-15-26-24(13-29(31)44-4)33(41)37-18-21(2)11-27(37)34(42)38(26)19-39/h12-16,19,22,27,34,42H,1-2,5-11,17-18H2,3-4H3. The molecule has 46 heavy (non-hydrogen) atoms. The summed E-state index contributed by atoms with van der Waals surface area (Å²) in [6, 6.07) is 5.90. The summed E-state index contributed by atoms with van der Waals surface area (Å²) in [6.45, 7) is 9.59. The Morgan fingerprint density at radius 2 is 1.46 bits per heavy atom. The molecule has 1 N–H and O–H groups in total. The minimum Gasteiger partial charge on any atom is -0.493 e. The van der Waals surface area contributed by atoms with Crippen LogP contribution in [0.1, 0.15) is 52.8 Å². The number of benzene rings is 2. The summed E-state index contributed by atoms with van der Waals surface area (Å²) in [5, 5.41) is 11.0. The molecule has 242 valence electrons. The van der Waals surface area contributed by atoms with Crippen LogP contribution in [0.15, 0.2) is 53.6 Å². The number of hydrogen-bond donors (Lipinski definition) is 1. The van der Waals surface area contributed by atoms with E-state index in [4.69, 9.17) is 18.9 Å². The number of rotatable bonds is 11. The summed E-state index contributed by atoms with van der Waals surface area (Å²) in [5.74, 6) is 1.31. The van der Waals surface area contributed by atoms with Gasteiger partial charge in [0.15, 0.2) is 29.2 Å². The number of anilines is 1. The molecule has 4 aliphatic heterocycles. The van der Waals surface area contributed by atoms with E-state index < -0.39 is 12.3 Å². The molecule has 0 spiro atoms. The van der Waals surface area contributed by atoms with E-state index in [-0.39, 0.29) is 29.1 Å². The Hall–Kier alpha value is -4.84. The molecule has 3 amide bonds. The minimum absolute atomic E-state index is 0.0904. The molecular formula is C34H38N4O8. The highest BCUT2D eigenvalue weighted by atomic mass is 16.5. The van der Waals surface area contributed by atoms with Gasteiger partial charge in [-0.2, -0.15) is 0 Å². The zero-order valence-electron chi connectivity index (χ0n) is 26.1. The first kappa shape index (κ1) is 31.2. The number of carbonyl (C=O) groups is 3. The van der Waals surface area contributed by atoms with Gasteiger partial charge >= 0.3 is 0 Å². The van der Waals surface area contributed by atoms with Gasteiger partial charge in [-0.1, -0.05) is 24.3 Å². The maximum atomic E-state index is 13.4. The molecule has 6 rings (SSSR count). The van der Waals surface area contributed by atoms with Crippen LogP contribution in [0.3, 0.4) is 0 Å². The molecule has 12 heteroatoms. The number of amides is 3. The summed E-state index contributed by atoms with van der Waals surface area (Å²) in [4.78, 5) is 47.7. The van der Waals surface area contributed by atoms with E-state index >= 15 is 0 Å². The molecule has 0 bridgehead atoms. The van der Waals surface area contributed by atoms with E-state index in [1.807, 2.05) is 0 Å². The van der Waals surface area contributed by atoms with Gasteiger partial charge in [0.1, 0.15) is 0 Å². The zero-order valence-corrected chi connectivity index (χ0v) is 26.1. The summed E-state index contributed by atoms with van der Waals surface area (Å²) < 4.78 is 23.1. The lowest BCUT2D eigenvalue weighted by Gasteiger charge is -2.29. The van der Waals surface area contributed by atoms with Crippen molar-refractivity contribution >= 4 is 35.8 Å². The molecule has 2 fully saturated rings. The molecule has 3 unspecified atom stereocenters. The largest absolute Gasteiger partial charge is 0.493 e. The summed E-state index contributed by atoms with van der Waals surface area (Å²) >= 11 is 0. The van der Waals surface area contributed by atoms with Gasteiger partial charge in [-0.3, -0.25) is 24.3 Å². The molecule has 0 saturated carbocycles. The average Bonchev–Trinajstić information content (AvgIpc) is 3.59. The molecule has 2 saturated heterocycles. The van der Waals surface area contributed by atoms with Crippen LogP contribution in [0, 0.1) is 0 Å². The van der Waals surface area contributed by atoms with Gasteiger partial charge in [-0.25, -0.2) is 0 Å². The second kappa shape index (κ2) is 12.9. The second-order valence-corrected chi connectivity index (χ2v) is 11.9. The number of fused-ring (bicyclic) bond motifs is 4. The fourth-order valence-electron chi connectivity index (χ4n) is 6.48. The lowest BCUT2D eigenvalue weighted by Crippen LogP contribution is -2.48. The topological polar surface area (TPSA) is 130 Å². The third kappa shape index (κ3) is 5.68. The molecule has 2 aromatic rings. The van der Waals surface area contributed by atoms with Gasteiger partial charge in [0.05, 0.1) is 62.0 Å². The van der Waals surface area contributed by atoms with Gasteiger partial charge in [0, 0.05) is 31.4 Å². The molecule has 12 nitrogen and oxygen atoms in total. The smallest absolute Gasteiger partial charge is 0.257 e. The van der Waals surface area contributed by atoms with Crippen molar-refractivity contribution in [2.45, 2.75) is 50.4 Å². The second-order valence-electron chi connectivity index (χ2n) is 11.9. The lowest BCUT2D eigenvalue weighted by molar-refractivity contribution is -0.109. The number of unbranched alkanes of at least 4 members (excludes halogenated alkanes) is 2. The first-order chi connectivity index (χ1) is 22.2. The van der Waals surface area contributed by atoms with Crippen molar-refractivity contribution in [2.24, 2.45) is 4.99 Å². The Morgan fingerprint density at radius 1 is 0.848 bits per heavy atom. The fourth-order valence-corrected chi connectivity index (χ4v) is 6.48. The third-order valence-electron chi connectivity index (χ3n) is 8.84. The maximum Gasteiger partial charge on any atom is 0.257 e. The van der Waals surface area contributed by atoms with Crippen molar-refractivity contribution in [2.75, 3.05) is 45.4 Å².